The minimum absolute atomic E-state index is 0.274. The number of nitrogens with zero attached hydrogens (tertiary/aromatic N) is 6. The number of benzene rings is 2. The maximum atomic E-state index is 10.4. The summed E-state index contributed by atoms with van der Waals surface area (Å²) in [7, 11) is 0. The Kier molecular flexibility index (Phi) is 7.51. The lowest BCUT2D eigenvalue weighted by Crippen LogP contribution is -2.22. The molecule has 0 amide bonds. The van der Waals surface area contributed by atoms with Gasteiger partial charge < -0.3 is 14.6 Å². The van der Waals surface area contributed by atoms with E-state index in [1.165, 1.54) is 0 Å². The molecule has 4 aromatic rings. The highest BCUT2D eigenvalue weighted by Gasteiger charge is 2.11. The molecule has 0 aliphatic heterocycles. The van der Waals surface area contributed by atoms with Gasteiger partial charge in [-0.15, -0.1) is 10.2 Å². The molecule has 0 fully saturated rings. The summed E-state index contributed by atoms with van der Waals surface area (Å²) < 4.78 is 16.5. The molecular weight excluding hydrogens is 544 g/mol. The van der Waals surface area contributed by atoms with Crippen molar-refractivity contribution in [1.29, 1.82) is 0 Å². The molecule has 4 rings (SSSR count). The molecule has 2 aromatic carbocycles. The van der Waals surface area contributed by atoms with Crippen LogP contribution in [-0.4, -0.2) is 41.2 Å². The largest absolute Gasteiger partial charge is 0.487 e. The Morgan fingerprint density at radius 2 is 1.12 bits per heavy atom. The fraction of sp³-hybridized carbons (Fsp3) is 0.238. The van der Waals surface area contributed by atoms with E-state index >= 15 is 0 Å². The molecule has 0 aliphatic rings. The number of hydrogen-bond donors (Lipinski definition) is 1. The number of ether oxygens (including phenoxy) is 2. The van der Waals surface area contributed by atoms with Crippen LogP contribution in [0.15, 0.2) is 69.9 Å². The van der Waals surface area contributed by atoms with Crippen molar-refractivity contribution in [2.24, 2.45) is 0 Å². The van der Waals surface area contributed by atoms with Crippen LogP contribution in [0.2, 0.25) is 0 Å². The van der Waals surface area contributed by atoms with E-state index < -0.39 is 6.10 Å². The quantitative estimate of drug-likeness (QED) is 0.314. The molecule has 0 aliphatic carbocycles. The zero-order valence-corrected chi connectivity index (χ0v) is 20.1. The zero-order chi connectivity index (χ0) is 22.3. The first-order chi connectivity index (χ1) is 15.5. The van der Waals surface area contributed by atoms with Crippen LogP contribution in [0.4, 0.5) is 0 Å². The average Bonchev–Trinajstić information content (AvgIpc) is 3.42. The number of aliphatic hydroxyl groups is 1. The molecule has 0 unspecified atom stereocenters. The predicted octanol–water partition coefficient (Wildman–Crippen LogP) is 3.61. The molecule has 0 radical (unpaired) electrons. The molecule has 2 aromatic heterocycles. The van der Waals surface area contributed by atoms with Gasteiger partial charge in [0.25, 0.3) is 0 Å². The van der Waals surface area contributed by atoms with E-state index in [9.17, 15) is 5.11 Å². The van der Waals surface area contributed by atoms with E-state index in [0.717, 1.165) is 20.4 Å². The van der Waals surface area contributed by atoms with Gasteiger partial charge >= 0.3 is 0 Å². The van der Waals surface area contributed by atoms with Gasteiger partial charge in [-0.25, -0.2) is 9.36 Å². The molecule has 0 saturated heterocycles. The second-order valence-electron chi connectivity index (χ2n) is 7.00. The number of aliphatic hydroxyl groups excluding tert-OH is 1. The van der Waals surface area contributed by atoms with Gasteiger partial charge in [-0.05, 0) is 48.5 Å². The first-order valence-corrected chi connectivity index (χ1v) is 11.3. The molecule has 32 heavy (non-hydrogen) atoms. The lowest BCUT2D eigenvalue weighted by atomic mass is 10.3. The monoisotopic (exact) mass is 562 g/mol. The fourth-order valence-corrected chi connectivity index (χ4v) is 3.38. The molecule has 166 valence electrons. The molecule has 0 spiro atoms. The van der Waals surface area contributed by atoms with Crippen molar-refractivity contribution >= 4 is 31.9 Å². The SMILES string of the molecule is OC(Cn1cc(COc2ccc(Br)cc2)nn1)Cn1cc(COc2ccc(Br)cc2)nn1. The number of rotatable bonds is 10. The van der Waals surface area contributed by atoms with Crippen molar-refractivity contribution in [2.75, 3.05) is 0 Å². The predicted molar refractivity (Wildman–Crippen MR) is 123 cm³/mol. The first kappa shape index (κ1) is 22.4. The molecular formula is C21H20Br2N6O3. The molecule has 11 heteroatoms. The summed E-state index contributed by atoms with van der Waals surface area (Å²) in [5.74, 6) is 1.49. The Morgan fingerprint density at radius 1 is 0.719 bits per heavy atom. The van der Waals surface area contributed by atoms with Gasteiger partial charge in [-0.3, -0.25) is 0 Å². The van der Waals surface area contributed by atoms with Crippen molar-refractivity contribution in [3.05, 3.63) is 81.3 Å². The maximum Gasteiger partial charge on any atom is 0.134 e. The van der Waals surface area contributed by atoms with Crippen molar-refractivity contribution in [1.82, 2.24) is 30.0 Å². The minimum Gasteiger partial charge on any atom is -0.487 e. The van der Waals surface area contributed by atoms with Crippen LogP contribution >= 0.6 is 31.9 Å². The summed E-state index contributed by atoms with van der Waals surface area (Å²) in [5, 5.41) is 26.7. The second kappa shape index (κ2) is 10.7. The fourth-order valence-electron chi connectivity index (χ4n) is 2.85. The molecule has 9 nitrogen and oxygen atoms in total. The molecule has 2 heterocycles. The zero-order valence-electron chi connectivity index (χ0n) is 16.9. The maximum absolute atomic E-state index is 10.4. The van der Waals surface area contributed by atoms with Crippen molar-refractivity contribution in [3.63, 3.8) is 0 Å². The number of halogens is 2. The third-order valence-electron chi connectivity index (χ3n) is 4.37. The summed E-state index contributed by atoms with van der Waals surface area (Å²) in [6, 6.07) is 15.1. The lowest BCUT2D eigenvalue weighted by molar-refractivity contribution is 0.124. The van der Waals surface area contributed by atoms with Crippen LogP contribution < -0.4 is 9.47 Å². The van der Waals surface area contributed by atoms with Gasteiger partial charge in [0.15, 0.2) is 0 Å². The van der Waals surface area contributed by atoms with Crippen molar-refractivity contribution < 1.29 is 14.6 Å². The van der Waals surface area contributed by atoms with Crippen LogP contribution in [0, 0.1) is 0 Å². The first-order valence-electron chi connectivity index (χ1n) is 9.76. The van der Waals surface area contributed by atoms with Crippen LogP contribution in [0.5, 0.6) is 11.5 Å². The normalized spacial score (nSPS) is 11.1. The summed E-state index contributed by atoms with van der Waals surface area (Å²) in [6.07, 6.45) is 2.79. The molecule has 0 saturated carbocycles. The van der Waals surface area contributed by atoms with Gasteiger partial charge in [-0.1, -0.05) is 42.3 Å². The highest BCUT2D eigenvalue weighted by Crippen LogP contribution is 2.18. The van der Waals surface area contributed by atoms with E-state index in [1.54, 1.807) is 21.8 Å². The summed E-state index contributed by atoms with van der Waals surface area (Å²) in [6.45, 7) is 1.14. The smallest absolute Gasteiger partial charge is 0.134 e. The highest BCUT2D eigenvalue weighted by atomic mass is 79.9. The summed E-state index contributed by atoms with van der Waals surface area (Å²) >= 11 is 6.78. The lowest BCUT2D eigenvalue weighted by Gasteiger charge is -2.09. The Morgan fingerprint density at radius 3 is 1.53 bits per heavy atom. The molecule has 1 N–H and O–H groups in total. The van der Waals surface area contributed by atoms with E-state index in [2.05, 4.69) is 52.5 Å². The summed E-state index contributed by atoms with van der Waals surface area (Å²) in [4.78, 5) is 0. The topological polar surface area (TPSA) is 100 Å². The van der Waals surface area contributed by atoms with Gasteiger partial charge in [-0.2, -0.15) is 0 Å². The Hall–Kier alpha value is -2.76. The van der Waals surface area contributed by atoms with E-state index in [1.807, 2.05) is 48.5 Å². The Labute approximate surface area is 201 Å². The van der Waals surface area contributed by atoms with E-state index in [4.69, 9.17) is 9.47 Å². The molecule has 0 bridgehead atoms. The number of aromatic nitrogens is 6. The van der Waals surface area contributed by atoms with Gasteiger partial charge in [0.05, 0.1) is 31.6 Å². The van der Waals surface area contributed by atoms with Gasteiger partial charge in [0.1, 0.15) is 36.1 Å². The minimum atomic E-state index is -0.709. The second-order valence-corrected chi connectivity index (χ2v) is 8.83. The van der Waals surface area contributed by atoms with E-state index in [0.29, 0.717) is 24.6 Å². The third kappa shape index (κ3) is 6.62. The van der Waals surface area contributed by atoms with Crippen LogP contribution in [0.3, 0.4) is 0 Å². The highest BCUT2D eigenvalue weighted by molar-refractivity contribution is 9.10. The molecule has 0 atom stereocenters. The van der Waals surface area contributed by atoms with Crippen molar-refractivity contribution in [2.45, 2.75) is 32.4 Å². The third-order valence-corrected chi connectivity index (χ3v) is 5.43. The Bertz CT molecular complexity index is 1040. The van der Waals surface area contributed by atoms with E-state index in [-0.39, 0.29) is 13.1 Å². The average molecular weight is 564 g/mol. The Balaban J connectivity index is 1.23. The summed E-state index contributed by atoms with van der Waals surface area (Å²) in [5.41, 5.74) is 1.35. The van der Waals surface area contributed by atoms with Crippen LogP contribution in [-0.2, 0) is 26.3 Å². The van der Waals surface area contributed by atoms with Gasteiger partial charge in [0, 0.05) is 8.95 Å². The van der Waals surface area contributed by atoms with Gasteiger partial charge in [0.2, 0.25) is 0 Å². The van der Waals surface area contributed by atoms with Crippen LogP contribution in [0.25, 0.3) is 0 Å². The number of hydrogen-bond acceptors (Lipinski definition) is 7. The van der Waals surface area contributed by atoms with Crippen molar-refractivity contribution in [3.8, 4) is 11.5 Å². The van der Waals surface area contributed by atoms with Crippen LogP contribution in [0.1, 0.15) is 11.4 Å². The standard InChI is InChI=1S/C21H20Br2N6O3/c22-15-1-5-20(6-2-15)31-13-17-9-28(26-24-17)11-19(30)12-29-10-18(25-27-29)14-32-21-7-3-16(23)4-8-21/h1-10,19,30H,11-14H2.